The molecule has 1 aliphatic rings. The lowest BCUT2D eigenvalue weighted by atomic mass is 10.1. The molecule has 14 heavy (non-hydrogen) atoms. The zero-order valence-corrected chi connectivity index (χ0v) is 9.64. The molecule has 1 saturated heterocycles. The van der Waals surface area contributed by atoms with Crippen molar-refractivity contribution < 1.29 is 9.53 Å². The van der Waals surface area contributed by atoms with Crippen molar-refractivity contribution in [2.45, 2.75) is 40.0 Å². The molecule has 1 N–H and O–H groups in total. The summed E-state index contributed by atoms with van der Waals surface area (Å²) in [5, 5.41) is 2.91. The van der Waals surface area contributed by atoms with Gasteiger partial charge in [0, 0.05) is 13.2 Å². The first-order valence-corrected chi connectivity index (χ1v) is 5.70. The van der Waals surface area contributed by atoms with E-state index in [4.69, 9.17) is 4.74 Å². The molecule has 84 valence electrons. The molecule has 3 nitrogen and oxygen atoms in total. The van der Waals surface area contributed by atoms with Crippen LogP contribution in [0.25, 0.3) is 0 Å². The summed E-state index contributed by atoms with van der Waals surface area (Å²) in [5.41, 5.74) is 0. The van der Waals surface area contributed by atoms with Gasteiger partial charge in [0.05, 0.1) is 12.5 Å². The summed E-state index contributed by atoms with van der Waals surface area (Å²) >= 11 is 0. The minimum absolute atomic E-state index is 0.113. The Hall–Kier alpha value is -0.570. The van der Waals surface area contributed by atoms with Gasteiger partial charge in [0.1, 0.15) is 0 Å². The molecule has 0 aromatic heterocycles. The second kappa shape index (κ2) is 9.00. The fraction of sp³-hybridized carbons (Fsp3) is 0.909. The van der Waals surface area contributed by atoms with Crippen molar-refractivity contribution in [3.8, 4) is 0 Å². The highest BCUT2D eigenvalue weighted by Gasteiger charge is 2.22. The minimum Gasteiger partial charge on any atom is -0.381 e. The third kappa shape index (κ3) is 5.22. The molecule has 0 bridgehead atoms. The first-order valence-electron chi connectivity index (χ1n) is 5.70. The average Bonchev–Trinajstić information content (AvgIpc) is 2.74. The van der Waals surface area contributed by atoms with Crippen LogP contribution in [0.5, 0.6) is 0 Å². The van der Waals surface area contributed by atoms with Crippen molar-refractivity contribution >= 4 is 5.91 Å². The van der Waals surface area contributed by atoms with Gasteiger partial charge in [-0.25, -0.2) is 0 Å². The van der Waals surface area contributed by atoms with E-state index in [0.717, 1.165) is 32.4 Å². The zero-order valence-electron chi connectivity index (χ0n) is 9.64. The summed E-state index contributed by atoms with van der Waals surface area (Å²) in [6, 6.07) is 0. The monoisotopic (exact) mass is 201 g/mol. The molecule has 0 aromatic rings. The van der Waals surface area contributed by atoms with Crippen molar-refractivity contribution in [3.05, 3.63) is 0 Å². The number of unbranched alkanes of at least 4 members (excludes halogenated alkanes) is 1. The Balaban J connectivity index is 0.000000791. The zero-order chi connectivity index (χ0) is 10.8. The van der Waals surface area contributed by atoms with Crippen molar-refractivity contribution in [3.63, 3.8) is 0 Å². The van der Waals surface area contributed by atoms with Gasteiger partial charge in [-0.15, -0.1) is 0 Å². The van der Waals surface area contributed by atoms with E-state index in [1.807, 2.05) is 13.8 Å². The molecular weight excluding hydrogens is 178 g/mol. The third-order valence-corrected chi connectivity index (χ3v) is 2.13. The Kier molecular flexibility index (Phi) is 8.64. The first-order chi connectivity index (χ1) is 6.84. The van der Waals surface area contributed by atoms with E-state index in [9.17, 15) is 4.79 Å². The molecule has 0 aromatic carbocycles. The maximum absolute atomic E-state index is 11.3. The lowest BCUT2D eigenvalue weighted by Crippen LogP contribution is -2.31. The Bertz CT molecular complexity index is 142. The standard InChI is InChI=1S/C9H17NO2.C2H6/c1-2-3-5-10-9(11)8-4-6-12-7-8;1-2/h8H,2-7H2,1H3,(H,10,11);1-2H3. The molecule has 1 heterocycles. The van der Waals surface area contributed by atoms with E-state index >= 15 is 0 Å². The number of hydrogen-bond donors (Lipinski definition) is 1. The van der Waals surface area contributed by atoms with Gasteiger partial charge in [-0.2, -0.15) is 0 Å². The van der Waals surface area contributed by atoms with Crippen LogP contribution >= 0.6 is 0 Å². The molecule has 0 radical (unpaired) electrons. The fourth-order valence-electron chi connectivity index (χ4n) is 1.27. The van der Waals surface area contributed by atoms with E-state index in [1.54, 1.807) is 0 Å². The Morgan fingerprint density at radius 3 is 2.71 bits per heavy atom. The predicted molar refractivity (Wildman–Crippen MR) is 58.2 cm³/mol. The van der Waals surface area contributed by atoms with Gasteiger partial charge in [-0.3, -0.25) is 4.79 Å². The normalized spacial score (nSPS) is 19.8. The number of ether oxygens (including phenoxy) is 1. The van der Waals surface area contributed by atoms with E-state index in [2.05, 4.69) is 12.2 Å². The smallest absolute Gasteiger partial charge is 0.225 e. The first kappa shape index (κ1) is 13.4. The predicted octanol–water partition coefficient (Wildman–Crippen LogP) is 1.97. The maximum atomic E-state index is 11.3. The highest BCUT2D eigenvalue weighted by Crippen LogP contribution is 2.11. The molecule has 1 unspecified atom stereocenters. The van der Waals surface area contributed by atoms with E-state index in [-0.39, 0.29) is 11.8 Å². The van der Waals surface area contributed by atoms with Gasteiger partial charge in [0.25, 0.3) is 0 Å². The van der Waals surface area contributed by atoms with E-state index in [0.29, 0.717) is 6.61 Å². The molecule has 1 rings (SSSR count). The Morgan fingerprint density at radius 2 is 2.21 bits per heavy atom. The lowest BCUT2D eigenvalue weighted by Gasteiger charge is -2.07. The average molecular weight is 201 g/mol. The van der Waals surface area contributed by atoms with Crippen LogP contribution in [0.15, 0.2) is 0 Å². The van der Waals surface area contributed by atoms with Gasteiger partial charge in [0.15, 0.2) is 0 Å². The topological polar surface area (TPSA) is 38.3 Å². The van der Waals surface area contributed by atoms with Gasteiger partial charge in [-0.1, -0.05) is 27.2 Å². The number of hydrogen-bond acceptors (Lipinski definition) is 2. The Labute approximate surface area is 87.2 Å². The molecule has 0 spiro atoms. The van der Waals surface area contributed by atoms with Gasteiger partial charge in [0.2, 0.25) is 5.91 Å². The number of rotatable bonds is 4. The van der Waals surface area contributed by atoms with Crippen LogP contribution in [0.1, 0.15) is 40.0 Å². The Morgan fingerprint density at radius 1 is 1.50 bits per heavy atom. The number of carbonyl (C=O) groups is 1. The van der Waals surface area contributed by atoms with Crippen LogP contribution in [0.4, 0.5) is 0 Å². The van der Waals surface area contributed by atoms with Gasteiger partial charge < -0.3 is 10.1 Å². The molecule has 0 aliphatic carbocycles. The summed E-state index contributed by atoms with van der Waals surface area (Å²) < 4.78 is 5.12. The third-order valence-electron chi connectivity index (χ3n) is 2.13. The summed E-state index contributed by atoms with van der Waals surface area (Å²) in [7, 11) is 0. The highest BCUT2D eigenvalue weighted by atomic mass is 16.5. The van der Waals surface area contributed by atoms with Crippen molar-refractivity contribution in [2.24, 2.45) is 5.92 Å². The van der Waals surface area contributed by atoms with Crippen LogP contribution in [0.2, 0.25) is 0 Å². The molecular formula is C11H23NO2. The summed E-state index contributed by atoms with van der Waals surface area (Å²) in [5.74, 6) is 0.280. The minimum atomic E-state index is 0.113. The molecule has 1 amide bonds. The van der Waals surface area contributed by atoms with Gasteiger partial charge >= 0.3 is 0 Å². The van der Waals surface area contributed by atoms with Gasteiger partial charge in [-0.05, 0) is 12.8 Å². The fourth-order valence-corrected chi connectivity index (χ4v) is 1.27. The second-order valence-electron chi connectivity index (χ2n) is 3.21. The second-order valence-corrected chi connectivity index (χ2v) is 3.21. The van der Waals surface area contributed by atoms with Crippen LogP contribution in [0, 0.1) is 5.92 Å². The summed E-state index contributed by atoms with van der Waals surface area (Å²) in [6.45, 7) is 8.28. The molecule has 3 heteroatoms. The van der Waals surface area contributed by atoms with Crippen molar-refractivity contribution in [2.75, 3.05) is 19.8 Å². The van der Waals surface area contributed by atoms with Crippen molar-refractivity contribution in [1.29, 1.82) is 0 Å². The van der Waals surface area contributed by atoms with Crippen LogP contribution in [-0.4, -0.2) is 25.7 Å². The van der Waals surface area contributed by atoms with E-state index in [1.165, 1.54) is 0 Å². The van der Waals surface area contributed by atoms with E-state index < -0.39 is 0 Å². The number of amides is 1. The summed E-state index contributed by atoms with van der Waals surface area (Å²) in [4.78, 5) is 11.3. The SMILES string of the molecule is CC.CCCCNC(=O)C1CCOC1. The summed E-state index contributed by atoms with van der Waals surface area (Å²) in [6.07, 6.45) is 3.08. The highest BCUT2D eigenvalue weighted by molar-refractivity contribution is 5.78. The van der Waals surface area contributed by atoms with Crippen molar-refractivity contribution in [1.82, 2.24) is 5.32 Å². The number of nitrogens with one attached hydrogen (secondary N) is 1. The van der Waals surface area contributed by atoms with Crippen LogP contribution in [-0.2, 0) is 9.53 Å². The molecule has 1 fully saturated rings. The molecule has 0 saturated carbocycles. The largest absolute Gasteiger partial charge is 0.381 e. The van der Waals surface area contributed by atoms with Crippen LogP contribution in [0.3, 0.4) is 0 Å². The van der Waals surface area contributed by atoms with Crippen LogP contribution < -0.4 is 5.32 Å². The number of carbonyl (C=O) groups excluding carboxylic acids is 1. The molecule has 1 aliphatic heterocycles. The maximum Gasteiger partial charge on any atom is 0.225 e. The molecule has 1 atom stereocenters. The lowest BCUT2D eigenvalue weighted by molar-refractivity contribution is -0.124. The quantitative estimate of drug-likeness (QED) is 0.706.